The van der Waals surface area contributed by atoms with Crippen LogP contribution in [0.3, 0.4) is 0 Å². The Hall–Kier alpha value is -2.53. The van der Waals surface area contributed by atoms with Crippen molar-refractivity contribution in [2.45, 2.75) is 18.6 Å². The number of nitrogens with zero attached hydrogens (tertiary/aromatic N) is 2. The molecule has 5 heteroatoms. The molecule has 0 bridgehead atoms. The maximum Gasteiger partial charge on any atom is 0.255 e. The topological polar surface area (TPSA) is 46.9 Å². The molecule has 0 atom stereocenters. The minimum Gasteiger partial charge on any atom is -0.325 e. The molecular weight excluding hydrogens is 318 g/mol. The molecule has 0 radical (unpaired) electrons. The first-order valence-corrected chi connectivity index (χ1v) is 8.86. The van der Waals surface area contributed by atoms with Crippen molar-refractivity contribution in [2.75, 3.05) is 11.1 Å². The third kappa shape index (κ3) is 2.95. The molecule has 0 spiro atoms. The van der Waals surface area contributed by atoms with E-state index in [4.69, 9.17) is 0 Å². The summed E-state index contributed by atoms with van der Waals surface area (Å²) < 4.78 is 2.18. The molecule has 3 aromatic rings. The molecule has 1 aromatic heterocycles. The van der Waals surface area contributed by atoms with E-state index in [1.165, 1.54) is 0 Å². The van der Waals surface area contributed by atoms with Gasteiger partial charge in [-0.3, -0.25) is 4.79 Å². The highest BCUT2D eigenvalue weighted by Crippen LogP contribution is 2.29. The summed E-state index contributed by atoms with van der Waals surface area (Å²) in [6.07, 6.45) is 2.08. The second kappa shape index (κ2) is 6.17. The van der Waals surface area contributed by atoms with Gasteiger partial charge in [-0.05, 0) is 31.2 Å². The summed E-state index contributed by atoms with van der Waals surface area (Å²) in [6, 6.07) is 15.4. The van der Waals surface area contributed by atoms with E-state index in [1.54, 1.807) is 11.8 Å². The SMILES string of the molecule is Cc1cccc(C(=O)Nc2cccc(-c3cn4c(n3)SCC4)c2)c1. The Balaban J connectivity index is 1.57. The van der Waals surface area contributed by atoms with Crippen LogP contribution in [-0.4, -0.2) is 21.2 Å². The van der Waals surface area contributed by atoms with Gasteiger partial charge in [0.25, 0.3) is 5.91 Å². The number of rotatable bonds is 3. The van der Waals surface area contributed by atoms with Crippen molar-refractivity contribution in [3.63, 3.8) is 0 Å². The van der Waals surface area contributed by atoms with Gasteiger partial charge in [0.05, 0.1) is 5.69 Å². The molecule has 24 heavy (non-hydrogen) atoms. The first-order valence-electron chi connectivity index (χ1n) is 7.87. The number of nitrogens with one attached hydrogen (secondary N) is 1. The fraction of sp³-hybridized carbons (Fsp3) is 0.158. The van der Waals surface area contributed by atoms with E-state index in [0.29, 0.717) is 5.56 Å². The van der Waals surface area contributed by atoms with Crippen molar-refractivity contribution in [2.24, 2.45) is 0 Å². The van der Waals surface area contributed by atoms with Crippen molar-refractivity contribution < 1.29 is 4.79 Å². The van der Waals surface area contributed by atoms with Gasteiger partial charge in [0.15, 0.2) is 5.16 Å². The zero-order chi connectivity index (χ0) is 16.5. The molecule has 1 aliphatic heterocycles. The van der Waals surface area contributed by atoms with Crippen LogP contribution in [0.1, 0.15) is 15.9 Å². The number of hydrogen-bond donors (Lipinski definition) is 1. The Morgan fingerprint density at radius 3 is 2.92 bits per heavy atom. The number of carbonyl (C=O) groups is 1. The molecule has 1 aliphatic rings. The highest BCUT2D eigenvalue weighted by Gasteiger charge is 2.15. The lowest BCUT2D eigenvalue weighted by atomic mass is 10.1. The van der Waals surface area contributed by atoms with Gasteiger partial charge in [-0.1, -0.05) is 41.6 Å². The van der Waals surface area contributed by atoms with Gasteiger partial charge in [0, 0.05) is 35.3 Å². The van der Waals surface area contributed by atoms with Crippen LogP contribution in [0.2, 0.25) is 0 Å². The molecule has 0 fully saturated rings. The van der Waals surface area contributed by atoms with E-state index in [0.717, 1.165) is 40.0 Å². The number of carbonyl (C=O) groups excluding carboxylic acids is 1. The second-order valence-corrected chi connectivity index (χ2v) is 6.92. The lowest BCUT2D eigenvalue weighted by Crippen LogP contribution is -2.11. The average Bonchev–Trinajstić information content (AvgIpc) is 3.17. The van der Waals surface area contributed by atoms with E-state index in [1.807, 2.05) is 55.5 Å². The molecule has 4 nitrogen and oxygen atoms in total. The van der Waals surface area contributed by atoms with Crippen LogP contribution in [0.25, 0.3) is 11.3 Å². The smallest absolute Gasteiger partial charge is 0.255 e. The van der Waals surface area contributed by atoms with Gasteiger partial charge in [-0.25, -0.2) is 4.98 Å². The number of hydrogen-bond acceptors (Lipinski definition) is 3. The van der Waals surface area contributed by atoms with Crippen LogP contribution in [0.5, 0.6) is 0 Å². The van der Waals surface area contributed by atoms with Crippen LogP contribution >= 0.6 is 11.8 Å². The van der Waals surface area contributed by atoms with Gasteiger partial charge in [-0.2, -0.15) is 0 Å². The van der Waals surface area contributed by atoms with Gasteiger partial charge >= 0.3 is 0 Å². The average molecular weight is 335 g/mol. The number of aromatic nitrogens is 2. The summed E-state index contributed by atoms with van der Waals surface area (Å²) in [5.41, 5.74) is 4.47. The van der Waals surface area contributed by atoms with Crippen molar-refractivity contribution >= 4 is 23.4 Å². The van der Waals surface area contributed by atoms with Crippen LogP contribution in [-0.2, 0) is 6.54 Å². The van der Waals surface area contributed by atoms with Crippen molar-refractivity contribution in [3.8, 4) is 11.3 Å². The fourth-order valence-electron chi connectivity index (χ4n) is 2.79. The first kappa shape index (κ1) is 15.0. The number of anilines is 1. The van der Waals surface area contributed by atoms with E-state index < -0.39 is 0 Å². The Labute approximate surface area is 144 Å². The third-order valence-electron chi connectivity index (χ3n) is 4.00. The molecule has 2 aromatic carbocycles. The summed E-state index contributed by atoms with van der Waals surface area (Å²) >= 11 is 1.78. The number of aryl methyl sites for hydroxylation is 2. The van der Waals surface area contributed by atoms with Gasteiger partial charge < -0.3 is 9.88 Å². The predicted molar refractivity (Wildman–Crippen MR) is 97.5 cm³/mol. The normalized spacial score (nSPS) is 12.9. The van der Waals surface area contributed by atoms with Crippen LogP contribution < -0.4 is 5.32 Å². The molecule has 0 saturated carbocycles. The zero-order valence-electron chi connectivity index (χ0n) is 13.3. The maximum absolute atomic E-state index is 12.4. The second-order valence-electron chi connectivity index (χ2n) is 5.85. The summed E-state index contributed by atoms with van der Waals surface area (Å²) in [6.45, 7) is 2.99. The summed E-state index contributed by atoms with van der Waals surface area (Å²) in [4.78, 5) is 17.1. The monoisotopic (exact) mass is 335 g/mol. The molecular formula is C19H17N3OS. The van der Waals surface area contributed by atoms with Gasteiger partial charge in [0.1, 0.15) is 0 Å². The Kier molecular flexibility index (Phi) is 3.86. The number of thioether (sulfide) groups is 1. The molecule has 0 saturated heterocycles. The fourth-order valence-corrected chi connectivity index (χ4v) is 3.74. The molecule has 120 valence electrons. The van der Waals surface area contributed by atoms with E-state index in [2.05, 4.69) is 21.1 Å². The molecule has 4 rings (SSSR count). The molecule has 0 aliphatic carbocycles. The number of benzene rings is 2. The molecule has 0 unspecified atom stereocenters. The number of amides is 1. The quantitative estimate of drug-likeness (QED) is 0.780. The third-order valence-corrected chi connectivity index (χ3v) is 4.97. The Morgan fingerprint density at radius 2 is 2.08 bits per heavy atom. The van der Waals surface area contributed by atoms with E-state index >= 15 is 0 Å². The highest BCUT2D eigenvalue weighted by atomic mass is 32.2. The maximum atomic E-state index is 12.4. The number of imidazole rings is 1. The van der Waals surface area contributed by atoms with Crippen LogP contribution in [0.15, 0.2) is 59.9 Å². The minimum atomic E-state index is -0.0984. The van der Waals surface area contributed by atoms with Crippen molar-refractivity contribution in [1.29, 1.82) is 0 Å². The predicted octanol–water partition coefficient (Wildman–Crippen LogP) is 4.22. The summed E-state index contributed by atoms with van der Waals surface area (Å²) in [5, 5.41) is 4.03. The van der Waals surface area contributed by atoms with Gasteiger partial charge in [0.2, 0.25) is 0 Å². The van der Waals surface area contributed by atoms with E-state index in [-0.39, 0.29) is 5.91 Å². The van der Waals surface area contributed by atoms with Crippen LogP contribution in [0, 0.1) is 6.92 Å². The Morgan fingerprint density at radius 1 is 1.21 bits per heavy atom. The lowest BCUT2D eigenvalue weighted by Gasteiger charge is -2.07. The highest BCUT2D eigenvalue weighted by molar-refractivity contribution is 7.99. The van der Waals surface area contributed by atoms with Gasteiger partial charge in [-0.15, -0.1) is 0 Å². The standard InChI is InChI=1S/C19H17N3OS/c1-13-4-2-6-15(10-13)18(23)20-16-7-3-5-14(11-16)17-12-22-8-9-24-19(22)21-17/h2-7,10-12H,8-9H2,1H3,(H,20,23). The van der Waals surface area contributed by atoms with Crippen molar-refractivity contribution in [1.82, 2.24) is 9.55 Å². The van der Waals surface area contributed by atoms with E-state index in [9.17, 15) is 4.79 Å². The molecule has 2 heterocycles. The minimum absolute atomic E-state index is 0.0984. The first-order chi connectivity index (χ1) is 11.7. The van der Waals surface area contributed by atoms with Crippen LogP contribution in [0.4, 0.5) is 5.69 Å². The largest absolute Gasteiger partial charge is 0.325 e. The number of fused-ring (bicyclic) bond motifs is 1. The summed E-state index contributed by atoms with van der Waals surface area (Å²) in [5.74, 6) is 0.994. The summed E-state index contributed by atoms with van der Waals surface area (Å²) in [7, 11) is 0. The lowest BCUT2D eigenvalue weighted by molar-refractivity contribution is 0.102. The Bertz CT molecular complexity index is 895. The van der Waals surface area contributed by atoms with Crippen molar-refractivity contribution in [3.05, 3.63) is 65.9 Å². The molecule has 1 amide bonds. The molecule has 1 N–H and O–H groups in total. The zero-order valence-corrected chi connectivity index (χ0v) is 14.1.